The topological polar surface area (TPSA) is 68.0 Å². The van der Waals surface area contributed by atoms with Crippen molar-refractivity contribution in [2.45, 2.75) is 27.2 Å². The number of nitrogens with zero attached hydrogens (tertiary/aromatic N) is 2. The Kier molecular flexibility index (Phi) is 4.25. The third kappa shape index (κ3) is 3.48. The fourth-order valence-corrected chi connectivity index (χ4v) is 2.96. The number of hydrogen-bond acceptors (Lipinski definition) is 5. The summed E-state index contributed by atoms with van der Waals surface area (Å²) in [6.07, 6.45) is 0.258. The molecule has 0 saturated carbocycles. The van der Waals surface area contributed by atoms with E-state index in [0.717, 1.165) is 33.2 Å². The summed E-state index contributed by atoms with van der Waals surface area (Å²) < 4.78 is 5.08. The standard InChI is InChI=1S/C17H17N3O2S/c1-10-15(11(2)22-20-10)8-17(21)19-14-6-4-13(5-7-14)16-9-23-12(3)18-16/h4-7,9H,8H2,1-3H3,(H,19,21). The highest BCUT2D eigenvalue weighted by atomic mass is 32.1. The lowest BCUT2D eigenvalue weighted by molar-refractivity contribution is -0.115. The van der Waals surface area contributed by atoms with Gasteiger partial charge in [-0.15, -0.1) is 11.3 Å². The molecular weight excluding hydrogens is 310 g/mol. The molecule has 0 aliphatic carbocycles. The Balaban J connectivity index is 1.67. The number of thiazole rings is 1. The third-order valence-electron chi connectivity index (χ3n) is 3.60. The van der Waals surface area contributed by atoms with E-state index >= 15 is 0 Å². The summed E-state index contributed by atoms with van der Waals surface area (Å²) in [4.78, 5) is 16.6. The van der Waals surface area contributed by atoms with Crippen molar-refractivity contribution in [2.75, 3.05) is 5.32 Å². The SMILES string of the molecule is Cc1nc(-c2ccc(NC(=O)Cc3c(C)noc3C)cc2)cs1. The highest BCUT2D eigenvalue weighted by Crippen LogP contribution is 2.23. The van der Waals surface area contributed by atoms with E-state index in [1.165, 1.54) is 0 Å². The van der Waals surface area contributed by atoms with E-state index in [0.29, 0.717) is 5.76 Å². The number of nitrogens with one attached hydrogen (secondary N) is 1. The molecule has 0 saturated heterocycles. The second kappa shape index (κ2) is 6.34. The van der Waals surface area contributed by atoms with Crippen LogP contribution >= 0.6 is 11.3 Å². The third-order valence-corrected chi connectivity index (χ3v) is 4.38. The van der Waals surface area contributed by atoms with Crippen molar-refractivity contribution in [3.8, 4) is 11.3 Å². The molecule has 3 rings (SSSR count). The van der Waals surface area contributed by atoms with Crippen molar-refractivity contribution in [3.63, 3.8) is 0 Å². The van der Waals surface area contributed by atoms with Crippen molar-refractivity contribution in [1.82, 2.24) is 10.1 Å². The first-order valence-corrected chi connectivity index (χ1v) is 8.15. The van der Waals surface area contributed by atoms with Crippen LogP contribution in [0.25, 0.3) is 11.3 Å². The molecule has 1 amide bonds. The number of benzene rings is 1. The van der Waals surface area contributed by atoms with Crippen LogP contribution in [0, 0.1) is 20.8 Å². The molecule has 2 aromatic heterocycles. The van der Waals surface area contributed by atoms with Gasteiger partial charge >= 0.3 is 0 Å². The molecule has 0 radical (unpaired) electrons. The van der Waals surface area contributed by atoms with Gasteiger partial charge in [0.1, 0.15) is 5.76 Å². The minimum Gasteiger partial charge on any atom is -0.361 e. The molecule has 0 atom stereocenters. The smallest absolute Gasteiger partial charge is 0.228 e. The van der Waals surface area contributed by atoms with Gasteiger partial charge in [0.25, 0.3) is 0 Å². The molecule has 23 heavy (non-hydrogen) atoms. The fraction of sp³-hybridized carbons (Fsp3) is 0.235. The van der Waals surface area contributed by atoms with Gasteiger partial charge in [-0.2, -0.15) is 0 Å². The number of anilines is 1. The van der Waals surface area contributed by atoms with Crippen LogP contribution in [0.4, 0.5) is 5.69 Å². The average Bonchev–Trinajstić information content (AvgIpc) is 3.09. The Morgan fingerprint density at radius 2 is 1.96 bits per heavy atom. The summed E-state index contributed by atoms with van der Waals surface area (Å²) in [5, 5.41) is 9.82. The van der Waals surface area contributed by atoms with Crippen molar-refractivity contribution >= 4 is 22.9 Å². The summed E-state index contributed by atoms with van der Waals surface area (Å²) in [6.45, 7) is 5.63. The number of amides is 1. The maximum absolute atomic E-state index is 12.2. The van der Waals surface area contributed by atoms with E-state index in [1.807, 2.05) is 50.4 Å². The zero-order valence-electron chi connectivity index (χ0n) is 13.2. The van der Waals surface area contributed by atoms with Crippen LogP contribution in [-0.4, -0.2) is 16.0 Å². The van der Waals surface area contributed by atoms with E-state index in [9.17, 15) is 4.79 Å². The van der Waals surface area contributed by atoms with E-state index in [-0.39, 0.29) is 12.3 Å². The maximum atomic E-state index is 12.2. The van der Waals surface area contributed by atoms with E-state index < -0.39 is 0 Å². The van der Waals surface area contributed by atoms with E-state index in [4.69, 9.17) is 4.52 Å². The Bertz CT molecular complexity index is 814. The summed E-state index contributed by atoms with van der Waals surface area (Å²) in [5.41, 5.74) is 4.36. The maximum Gasteiger partial charge on any atom is 0.228 e. The van der Waals surface area contributed by atoms with Gasteiger partial charge in [-0.1, -0.05) is 17.3 Å². The van der Waals surface area contributed by atoms with Crippen LogP contribution in [0.3, 0.4) is 0 Å². The summed E-state index contributed by atoms with van der Waals surface area (Å²) >= 11 is 1.62. The van der Waals surface area contributed by atoms with Gasteiger partial charge in [0.15, 0.2) is 0 Å². The first-order valence-electron chi connectivity index (χ1n) is 7.27. The summed E-state index contributed by atoms with van der Waals surface area (Å²) in [7, 11) is 0. The molecule has 1 aromatic carbocycles. The van der Waals surface area contributed by atoms with E-state index in [2.05, 4.69) is 15.5 Å². The minimum atomic E-state index is -0.0864. The molecule has 0 aliphatic rings. The highest BCUT2D eigenvalue weighted by Gasteiger charge is 2.13. The number of hydrogen-bond donors (Lipinski definition) is 1. The van der Waals surface area contributed by atoms with Gasteiger partial charge < -0.3 is 9.84 Å². The normalized spacial score (nSPS) is 10.7. The average molecular weight is 327 g/mol. The molecule has 0 bridgehead atoms. The Labute approximate surface area is 138 Å². The largest absolute Gasteiger partial charge is 0.361 e. The van der Waals surface area contributed by atoms with Gasteiger partial charge in [0.2, 0.25) is 5.91 Å². The van der Waals surface area contributed by atoms with Crippen LogP contribution in [0.5, 0.6) is 0 Å². The highest BCUT2D eigenvalue weighted by molar-refractivity contribution is 7.09. The van der Waals surface area contributed by atoms with Crippen molar-refractivity contribution in [3.05, 3.63) is 51.7 Å². The van der Waals surface area contributed by atoms with Crippen LogP contribution in [0.2, 0.25) is 0 Å². The van der Waals surface area contributed by atoms with Gasteiger partial charge in [0.05, 0.1) is 22.8 Å². The molecule has 5 nitrogen and oxygen atoms in total. The van der Waals surface area contributed by atoms with Gasteiger partial charge in [-0.05, 0) is 32.9 Å². The summed E-state index contributed by atoms with van der Waals surface area (Å²) in [6, 6.07) is 7.69. The molecule has 118 valence electrons. The molecule has 6 heteroatoms. The van der Waals surface area contributed by atoms with Crippen LogP contribution in [-0.2, 0) is 11.2 Å². The Morgan fingerprint density at radius 3 is 2.52 bits per heavy atom. The van der Waals surface area contributed by atoms with Gasteiger partial charge in [0, 0.05) is 22.2 Å². The number of aromatic nitrogens is 2. The molecule has 0 unspecified atom stereocenters. The van der Waals surface area contributed by atoms with Crippen molar-refractivity contribution in [1.29, 1.82) is 0 Å². The zero-order valence-corrected chi connectivity index (χ0v) is 14.0. The minimum absolute atomic E-state index is 0.0864. The quantitative estimate of drug-likeness (QED) is 0.789. The molecule has 2 heterocycles. The predicted molar refractivity (Wildman–Crippen MR) is 90.6 cm³/mol. The molecule has 1 N–H and O–H groups in total. The van der Waals surface area contributed by atoms with Crippen LogP contribution < -0.4 is 5.32 Å². The lowest BCUT2D eigenvalue weighted by atomic mass is 10.1. The first kappa shape index (κ1) is 15.4. The van der Waals surface area contributed by atoms with Gasteiger partial charge in [-0.3, -0.25) is 4.79 Å². The van der Waals surface area contributed by atoms with Gasteiger partial charge in [-0.25, -0.2) is 4.98 Å². The zero-order chi connectivity index (χ0) is 16.4. The lowest BCUT2D eigenvalue weighted by Crippen LogP contribution is -2.15. The van der Waals surface area contributed by atoms with Crippen molar-refractivity contribution in [2.24, 2.45) is 0 Å². The molecule has 0 spiro atoms. The second-order valence-corrected chi connectivity index (χ2v) is 6.42. The number of carbonyl (C=O) groups excluding carboxylic acids is 1. The van der Waals surface area contributed by atoms with E-state index in [1.54, 1.807) is 11.3 Å². The summed E-state index contributed by atoms with van der Waals surface area (Å²) in [5.74, 6) is 0.601. The Hall–Kier alpha value is -2.47. The molecule has 3 aromatic rings. The fourth-order valence-electron chi connectivity index (χ4n) is 2.34. The number of rotatable bonds is 4. The lowest BCUT2D eigenvalue weighted by Gasteiger charge is -2.06. The monoisotopic (exact) mass is 327 g/mol. The van der Waals surface area contributed by atoms with Crippen molar-refractivity contribution < 1.29 is 9.32 Å². The van der Waals surface area contributed by atoms with Crippen LogP contribution in [0.1, 0.15) is 22.0 Å². The molecular formula is C17H17N3O2S. The Morgan fingerprint density at radius 1 is 1.22 bits per heavy atom. The molecule has 0 fully saturated rings. The second-order valence-electron chi connectivity index (χ2n) is 5.36. The predicted octanol–water partition coefficient (Wildman–Crippen LogP) is 3.90. The number of carbonyl (C=O) groups is 1. The number of aryl methyl sites for hydroxylation is 3. The molecule has 0 aliphatic heterocycles. The first-order chi connectivity index (χ1) is 11.0. The van der Waals surface area contributed by atoms with Crippen LogP contribution in [0.15, 0.2) is 34.2 Å².